The first kappa shape index (κ1) is 18.7. The van der Waals surface area contributed by atoms with E-state index in [4.69, 9.17) is 4.98 Å². The highest BCUT2D eigenvalue weighted by molar-refractivity contribution is 5.43. The van der Waals surface area contributed by atoms with Crippen molar-refractivity contribution in [2.24, 2.45) is 5.92 Å². The number of aromatic nitrogens is 2. The second kappa shape index (κ2) is 9.56. The molecule has 1 aliphatic rings. The molecule has 0 spiro atoms. The van der Waals surface area contributed by atoms with Crippen molar-refractivity contribution in [3.8, 4) is 0 Å². The molecule has 0 bridgehead atoms. The number of nitrogens with one attached hydrogen (secondary N) is 1. The second-order valence-electron chi connectivity index (χ2n) is 7.45. The fourth-order valence-electron chi connectivity index (χ4n) is 3.66. The molecule has 1 aliphatic heterocycles. The maximum atomic E-state index is 4.77. The van der Waals surface area contributed by atoms with E-state index in [0.29, 0.717) is 0 Å². The number of hydrogen-bond donors (Lipinski definition) is 1. The monoisotopic (exact) mass is 352 g/mol. The minimum atomic E-state index is 0.769. The fraction of sp³-hybridized carbons (Fsp3) is 0.545. The molecule has 1 aromatic heterocycles. The van der Waals surface area contributed by atoms with Crippen LogP contribution in [0.15, 0.2) is 36.4 Å². The summed E-state index contributed by atoms with van der Waals surface area (Å²) in [5.74, 6) is 2.63. The number of rotatable bonds is 8. The van der Waals surface area contributed by atoms with Crippen LogP contribution in [0.3, 0.4) is 0 Å². The lowest BCUT2D eigenvalue weighted by molar-refractivity contribution is 0.400. The van der Waals surface area contributed by atoms with E-state index >= 15 is 0 Å². The van der Waals surface area contributed by atoms with E-state index in [-0.39, 0.29) is 0 Å². The van der Waals surface area contributed by atoms with Crippen LogP contribution in [0.4, 0.5) is 11.8 Å². The van der Waals surface area contributed by atoms with Crippen molar-refractivity contribution >= 4 is 11.8 Å². The fourth-order valence-corrected chi connectivity index (χ4v) is 3.66. The molecule has 4 nitrogen and oxygen atoms in total. The van der Waals surface area contributed by atoms with E-state index in [0.717, 1.165) is 43.0 Å². The summed E-state index contributed by atoms with van der Waals surface area (Å²) in [5, 5.41) is 3.46. The lowest BCUT2D eigenvalue weighted by Crippen LogP contribution is -2.35. The number of hydrogen-bond acceptors (Lipinski definition) is 4. The lowest BCUT2D eigenvalue weighted by Gasteiger charge is -2.32. The summed E-state index contributed by atoms with van der Waals surface area (Å²) >= 11 is 0. The lowest BCUT2D eigenvalue weighted by atomic mass is 9.90. The molecular weight excluding hydrogens is 320 g/mol. The number of aryl methyl sites for hydroxylation is 1. The highest BCUT2D eigenvalue weighted by Crippen LogP contribution is 2.25. The quantitative estimate of drug-likeness (QED) is 0.690. The summed E-state index contributed by atoms with van der Waals surface area (Å²) in [4.78, 5) is 11.8. The normalized spacial score (nSPS) is 15.2. The van der Waals surface area contributed by atoms with Gasteiger partial charge in [0.15, 0.2) is 0 Å². The number of anilines is 2. The van der Waals surface area contributed by atoms with E-state index in [1.165, 1.54) is 44.1 Å². The molecule has 0 unspecified atom stereocenters. The average molecular weight is 353 g/mol. The van der Waals surface area contributed by atoms with Gasteiger partial charge in [0.25, 0.3) is 0 Å². The predicted molar refractivity (Wildman–Crippen MR) is 110 cm³/mol. The van der Waals surface area contributed by atoms with Gasteiger partial charge in [-0.2, -0.15) is 4.98 Å². The Kier molecular flexibility index (Phi) is 6.87. The van der Waals surface area contributed by atoms with Crippen molar-refractivity contribution < 1.29 is 0 Å². The van der Waals surface area contributed by atoms with Crippen LogP contribution in [-0.4, -0.2) is 29.6 Å². The molecule has 0 saturated carbocycles. The minimum Gasteiger partial charge on any atom is -0.370 e. The van der Waals surface area contributed by atoms with Gasteiger partial charge in [0.1, 0.15) is 5.82 Å². The number of benzene rings is 1. The van der Waals surface area contributed by atoms with Crippen LogP contribution in [0.1, 0.15) is 50.3 Å². The topological polar surface area (TPSA) is 41.1 Å². The highest BCUT2D eigenvalue weighted by atomic mass is 15.3. The Labute approximate surface area is 158 Å². The first-order valence-corrected chi connectivity index (χ1v) is 10.1. The van der Waals surface area contributed by atoms with Crippen molar-refractivity contribution in [2.75, 3.05) is 29.9 Å². The van der Waals surface area contributed by atoms with Crippen LogP contribution >= 0.6 is 0 Å². The molecule has 4 heteroatoms. The van der Waals surface area contributed by atoms with Crippen molar-refractivity contribution in [3.63, 3.8) is 0 Å². The van der Waals surface area contributed by atoms with Crippen LogP contribution in [-0.2, 0) is 6.42 Å². The number of unbranched alkanes of at least 4 members (excludes halogenated alkanes) is 2. The van der Waals surface area contributed by atoms with Crippen molar-refractivity contribution in [1.82, 2.24) is 9.97 Å². The maximum Gasteiger partial charge on any atom is 0.227 e. The number of nitrogens with zero attached hydrogens (tertiary/aromatic N) is 3. The van der Waals surface area contributed by atoms with Crippen LogP contribution in [0.2, 0.25) is 0 Å². The van der Waals surface area contributed by atoms with Gasteiger partial charge in [0.05, 0.1) is 0 Å². The molecule has 1 fully saturated rings. The first-order valence-electron chi connectivity index (χ1n) is 10.1. The summed E-state index contributed by atoms with van der Waals surface area (Å²) in [7, 11) is 0. The largest absolute Gasteiger partial charge is 0.370 e. The molecule has 0 amide bonds. The first-order chi connectivity index (χ1) is 12.7. The molecule has 2 aromatic rings. The summed E-state index contributed by atoms with van der Waals surface area (Å²) in [6.07, 6.45) is 7.32. The van der Waals surface area contributed by atoms with E-state index in [1.54, 1.807) is 0 Å². The molecule has 26 heavy (non-hydrogen) atoms. The molecule has 1 aromatic carbocycles. The molecule has 1 N–H and O–H groups in total. The molecular formula is C22H32N4. The molecule has 3 rings (SSSR count). The van der Waals surface area contributed by atoms with Gasteiger partial charge in [-0.25, -0.2) is 4.98 Å². The third kappa shape index (κ3) is 5.45. The van der Waals surface area contributed by atoms with E-state index in [2.05, 4.69) is 65.4 Å². The number of piperidine rings is 1. The molecule has 0 atom stereocenters. The summed E-state index contributed by atoms with van der Waals surface area (Å²) in [5.41, 5.74) is 2.50. The second-order valence-corrected chi connectivity index (χ2v) is 7.45. The Morgan fingerprint density at radius 2 is 1.85 bits per heavy atom. The maximum absolute atomic E-state index is 4.77. The van der Waals surface area contributed by atoms with Crippen LogP contribution < -0.4 is 10.2 Å². The van der Waals surface area contributed by atoms with Gasteiger partial charge < -0.3 is 10.2 Å². The van der Waals surface area contributed by atoms with Crippen molar-refractivity contribution in [2.45, 2.75) is 52.4 Å². The molecule has 1 saturated heterocycles. The molecule has 0 radical (unpaired) electrons. The average Bonchev–Trinajstić information content (AvgIpc) is 2.66. The Balaban J connectivity index is 1.54. The van der Waals surface area contributed by atoms with E-state index in [1.807, 2.05) is 0 Å². The zero-order valence-electron chi connectivity index (χ0n) is 16.2. The smallest absolute Gasteiger partial charge is 0.227 e. The van der Waals surface area contributed by atoms with Crippen molar-refractivity contribution in [3.05, 3.63) is 47.7 Å². The van der Waals surface area contributed by atoms with Crippen LogP contribution in [0.5, 0.6) is 0 Å². The standard InChI is InChI=1S/C22H32N4/c1-3-4-8-13-23-21-16-18(2)24-22(25-21)26-14-11-20(12-15-26)17-19-9-6-5-7-10-19/h5-7,9-10,16,20H,3-4,8,11-15,17H2,1-2H3,(H,23,24,25). The summed E-state index contributed by atoms with van der Waals surface area (Å²) in [6, 6.07) is 12.9. The zero-order valence-corrected chi connectivity index (χ0v) is 16.2. The minimum absolute atomic E-state index is 0.769. The van der Waals surface area contributed by atoms with Crippen molar-refractivity contribution in [1.29, 1.82) is 0 Å². The Morgan fingerprint density at radius 1 is 1.08 bits per heavy atom. The molecule has 0 aliphatic carbocycles. The zero-order chi connectivity index (χ0) is 18.2. The van der Waals surface area contributed by atoms with Gasteiger partial charge in [-0.05, 0) is 44.1 Å². The SMILES string of the molecule is CCCCCNc1cc(C)nc(N2CCC(Cc3ccccc3)CC2)n1. The molecule has 140 valence electrons. The van der Waals surface area contributed by atoms with Gasteiger partial charge in [-0.15, -0.1) is 0 Å². The Bertz CT molecular complexity index is 663. The van der Waals surface area contributed by atoms with Gasteiger partial charge in [-0.1, -0.05) is 50.1 Å². The van der Waals surface area contributed by atoms with Gasteiger partial charge in [-0.3, -0.25) is 0 Å². The highest BCUT2D eigenvalue weighted by Gasteiger charge is 2.21. The van der Waals surface area contributed by atoms with E-state index < -0.39 is 0 Å². The Hall–Kier alpha value is -2.10. The van der Waals surface area contributed by atoms with Gasteiger partial charge >= 0.3 is 0 Å². The van der Waals surface area contributed by atoms with E-state index in [9.17, 15) is 0 Å². The Morgan fingerprint density at radius 3 is 2.58 bits per heavy atom. The van der Waals surface area contributed by atoms with Crippen LogP contribution in [0.25, 0.3) is 0 Å². The molecule has 2 heterocycles. The summed E-state index contributed by atoms with van der Waals surface area (Å²) in [6.45, 7) is 7.38. The third-order valence-electron chi connectivity index (χ3n) is 5.19. The van der Waals surface area contributed by atoms with Gasteiger partial charge in [0.2, 0.25) is 5.95 Å². The van der Waals surface area contributed by atoms with Crippen LogP contribution in [0, 0.1) is 12.8 Å². The summed E-state index contributed by atoms with van der Waals surface area (Å²) < 4.78 is 0. The third-order valence-corrected chi connectivity index (χ3v) is 5.19. The predicted octanol–water partition coefficient (Wildman–Crippen LogP) is 4.85. The van der Waals surface area contributed by atoms with Gasteiger partial charge in [0, 0.05) is 31.4 Å².